The summed E-state index contributed by atoms with van der Waals surface area (Å²) in [5, 5.41) is 21.9. The zero-order valence-electron chi connectivity index (χ0n) is 30.9. The summed E-state index contributed by atoms with van der Waals surface area (Å²) < 4.78 is 5.42. The summed E-state index contributed by atoms with van der Waals surface area (Å²) in [6.45, 7) is 3.76. The molecule has 0 radical (unpaired) electrons. The molecule has 1 heterocycles. The van der Waals surface area contributed by atoms with Gasteiger partial charge in [0.15, 0.2) is 0 Å². The number of nitrogens with one attached hydrogen (secondary N) is 5. The van der Waals surface area contributed by atoms with Crippen molar-refractivity contribution in [1.82, 2.24) is 26.3 Å². The molecule has 1 aromatic heterocycles. The number of rotatable bonds is 18. The lowest BCUT2D eigenvalue weighted by Gasteiger charge is -2.27. The Morgan fingerprint density at radius 2 is 1.05 bits per heavy atom. The van der Waals surface area contributed by atoms with E-state index in [0.717, 1.165) is 33.2 Å². The predicted octanol–water partition coefficient (Wildman–Crippen LogP) is 5.08. The molecule has 0 aliphatic rings. The smallest absolute Gasteiger partial charge is 0.408 e. The Morgan fingerprint density at radius 3 is 1.62 bits per heavy atom. The van der Waals surface area contributed by atoms with Gasteiger partial charge in [0.1, 0.15) is 30.8 Å². The minimum absolute atomic E-state index is 0.00475. The van der Waals surface area contributed by atoms with Crippen LogP contribution in [0.3, 0.4) is 0 Å². The maximum Gasteiger partial charge on any atom is 0.408 e. The lowest BCUT2D eigenvalue weighted by Crippen LogP contribution is -2.58. The van der Waals surface area contributed by atoms with Gasteiger partial charge in [-0.2, -0.15) is 0 Å². The number of carbonyl (C=O) groups excluding carboxylic acids is 4. The molecule has 0 saturated carbocycles. The second-order valence-corrected chi connectivity index (χ2v) is 13.9. The molecule has 4 amide bonds. The number of carbonyl (C=O) groups is 5. The topological polar surface area (TPSA) is 179 Å². The molecule has 6 N–H and O–H groups in total. The molecule has 55 heavy (non-hydrogen) atoms. The molecule has 0 fully saturated rings. The van der Waals surface area contributed by atoms with Gasteiger partial charge < -0.3 is 36.1 Å². The van der Waals surface area contributed by atoms with Crippen LogP contribution in [0.4, 0.5) is 4.79 Å². The summed E-state index contributed by atoms with van der Waals surface area (Å²) in [5.74, 6) is -3.22. The second kappa shape index (κ2) is 19.6. The first kappa shape index (κ1) is 39.8. The number of amides is 4. The van der Waals surface area contributed by atoms with Gasteiger partial charge in [-0.25, -0.2) is 9.59 Å². The number of aromatic amines is 1. The number of hydrogen-bond donors (Lipinski definition) is 6. The SMILES string of the molecule is CC(C)C[C@H](NC(=O)[C@H](Cc1ccccc1)NC(=O)[C@H](Cc1ccccc1)NC(=O)OCc1ccccc1)C(=O)N[C@@H](Cc1c[nH]c2ccccc12)C(=O)O. The van der Waals surface area contributed by atoms with E-state index < -0.39 is 54.0 Å². The number of aromatic nitrogens is 1. The highest BCUT2D eigenvalue weighted by atomic mass is 16.5. The maximum absolute atomic E-state index is 14.1. The number of fused-ring (bicyclic) bond motifs is 1. The third-order valence-corrected chi connectivity index (χ3v) is 9.07. The Bertz CT molecular complexity index is 2040. The van der Waals surface area contributed by atoms with E-state index in [1.165, 1.54) is 0 Å². The van der Waals surface area contributed by atoms with Crippen LogP contribution >= 0.6 is 0 Å². The van der Waals surface area contributed by atoms with Gasteiger partial charge in [0, 0.05) is 36.4 Å². The second-order valence-electron chi connectivity index (χ2n) is 13.9. The van der Waals surface area contributed by atoms with Crippen molar-refractivity contribution in [2.24, 2.45) is 5.92 Å². The van der Waals surface area contributed by atoms with Crippen molar-refractivity contribution in [3.8, 4) is 0 Å². The van der Waals surface area contributed by atoms with Crippen LogP contribution in [0, 0.1) is 5.92 Å². The van der Waals surface area contributed by atoms with E-state index in [4.69, 9.17) is 4.74 Å². The van der Waals surface area contributed by atoms with Crippen LogP contribution in [0.15, 0.2) is 121 Å². The van der Waals surface area contributed by atoms with E-state index >= 15 is 0 Å². The fourth-order valence-electron chi connectivity index (χ4n) is 6.27. The summed E-state index contributed by atoms with van der Waals surface area (Å²) in [5.41, 5.74) is 3.85. The summed E-state index contributed by atoms with van der Waals surface area (Å²) >= 11 is 0. The number of ether oxygens (including phenoxy) is 1. The number of H-pyrrole nitrogens is 1. The van der Waals surface area contributed by atoms with Crippen LogP contribution < -0.4 is 21.3 Å². The molecule has 0 saturated heterocycles. The van der Waals surface area contributed by atoms with E-state index in [1.807, 2.05) is 129 Å². The Balaban J connectivity index is 1.33. The summed E-state index contributed by atoms with van der Waals surface area (Å²) in [4.78, 5) is 70.4. The molecule has 5 aromatic rings. The highest BCUT2D eigenvalue weighted by Crippen LogP contribution is 2.19. The largest absolute Gasteiger partial charge is 0.480 e. The molecule has 286 valence electrons. The van der Waals surface area contributed by atoms with Gasteiger partial charge in [-0.05, 0) is 40.7 Å². The van der Waals surface area contributed by atoms with Gasteiger partial charge in [0.2, 0.25) is 17.7 Å². The molecule has 4 atom stereocenters. The van der Waals surface area contributed by atoms with E-state index in [2.05, 4.69) is 26.3 Å². The van der Waals surface area contributed by atoms with E-state index in [9.17, 15) is 29.1 Å². The minimum Gasteiger partial charge on any atom is -0.480 e. The van der Waals surface area contributed by atoms with Crippen LogP contribution in [-0.4, -0.2) is 64.0 Å². The zero-order valence-corrected chi connectivity index (χ0v) is 30.9. The van der Waals surface area contributed by atoms with Crippen molar-refractivity contribution in [2.45, 2.75) is 70.3 Å². The number of hydrogen-bond acceptors (Lipinski definition) is 6. The van der Waals surface area contributed by atoms with Gasteiger partial charge in [-0.3, -0.25) is 14.4 Å². The summed E-state index contributed by atoms with van der Waals surface area (Å²) in [6.07, 6.45) is 1.32. The van der Waals surface area contributed by atoms with Gasteiger partial charge in [-0.15, -0.1) is 0 Å². The number of alkyl carbamates (subject to hydrolysis) is 1. The molecule has 0 aliphatic carbocycles. The van der Waals surface area contributed by atoms with Crippen LogP contribution in [0.1, 0.15) is 42.5 Å². The fourth-order valence-corrected chi connectivity index (χ4v) is 6.27. The Morgan fingerprint density at radius 1 is 0.582 bits per heavy atom. The summed E-state index contributed by atoms with van der Waals surface area (Å²) in [7, 11) is 0. The highest BCUT2D eigenvalue weighted by Gasteiger charge is 2.32. The van der Waals surface area contributed by atoms with Crippen molar-refractivity contribution in [1.29, 1.82) is 0 Å². The number of carboxylic acid groups (broad SMARTS) is 1. The van der Waals surface area contributed by atoms with Crippen molar-refractivity contribution in [3.63, 3.8) is 0 Å². The monoisotopic (exact) mass is 745 g/mol. The average Bonchev–Trinajstić information content (AvgIpc) is 3.59. The lowest BCUT2D eigenvalue weighted by atomic mass is 9.99. The van der Waals surface area contributed by atoms with E-state index in [1.54, 1.807) is 6.20 Å². The van der Waals surface area contributed by atoms with Crippen LogP contribution in [0.5, 0.6) is 0 Å². The Kier molecular flexibility index (Phi) is 14.2. The number of para-hydroxylation sites is 1. The number of aliphatic carboxylic acids is 1. The Hall–Kier alpha value is -6.43. The molecule has 12 heteroatoms. The van der Waals surface area contributed by atoms with E-state index in [-0.39, 0.29) is 38.2 Å². The van der Waals surface area contributed by atoms with Gasteiger partial charge in [0.25, 0.3) is 0 Å². The molecule has 4 aromatic carbocycles. The van der Waals surface area contributed by atoms with Crippen LogP contribution in [-0.2, 0) is 49.8 Å². The highest BCUT2D eigenvalue weighted by molar-refractivity contribution is 5.95. The average molecular weight is 746 g/mol. The van der Waals surface area contributed by atoms with Crippen LogP contribution in [0.2, 0.25) is 0 Å². The maximum atomic E-state index is 14.1. The standard InChI is InChI=1S/C43H47N5O7/c1-28(2)22-35(39(49)47-38(42(52)53)25-32-26-44-34-21-13-12-20-33(32)34)45-40(50)36(23-29-14-6-3-7-15-29)46-41(51)37(24-30-16-8-4-9-17-30)48-43(54)55-27-31-18-10-5-11-19-31/h3-21,26,28,35-38,44H,22-25,27H2,1-2H3,(H,45,50)(H,46,51)(H,47,49)(H,48,54)(H,52,53)/t35-,36-,37-,38-/m0/s1. The number of carboxylic acids is 1. The van der Waals surface area contributed by atoms with Crippen LogP contribution in [0.25, 0.3) is 10.9 Å². The molecule has 5 rings (SSSR count). The summed E-state index contributed by atoms with van der Waals surface area (Å²) in [6, 6.07) is 30.1. The van der Waals surface area contributed by atoms with Crippen molar-refractivity contribution >= 4 is 40.7 Å². The molecule has 0 spiro atoms. The molecule has 0 unspecified atom stereocenters. The molecular weight excluding hydrogens is 699 g/mol. The molecular formula is C43H47N5O7. The molecule has 0 aliphatic heterocycles. The van der Waals surface area contributed by atoms with Crippen molar-refractivity contribution in [3.05, 3.63) is 144 Å². The normalized spacial score (nSPS) is 13.2. The lowest BCUT2D eigenvalue weighted by molar-refractivity contribution is -0.142. The van der Waals surface area contributed by atoms with Crippen molar-refractivity contribution < 1.29 is 33.8 Å². The van der Waals surface area contributed by atoms with Gasteiger partial charge in [-0.1, -0.05) is 123 Å². The predicted molar refractivity (Wildman–Crippen MR) is 209 cm³/mol. The van der Waals surface area contributed by atoms with Gasteiger partial charge >= 0.3 is 12.1 Å². The first-order valence-corrected chi connectivity index (χ1v) is 18.3. The van der Waals surface area contributed by atoms with Gasteiger partial charge in [0.05, 0.1) is 0 Å². The quantitative estimate of drug-likeness (QED) is 0.0725. The molecule has 0 bridgehead atoms. The third-order valence-electron chi connectivity index (χ3n) is 9.07. The molecule has 12 nitrogen and oxygen atoms in total. The fraction of sp³-hybridized carbons (Fsp3) is 0.279. The number of benzene rings is 4. The van der Waals surface area contributed by atoms with E-state index in [0.29, 0.717) is 0 Å². The zero-order chi connectivity index (χ0) is 39.2. The minimum atomic E-state index is -1.27. The van der Waals surface area contributed by atoms with Crippen molar-refractivity contribution in [2.75, 3.05) is 0 Å². The first-order chi connectivity index (χ1) is 26.5. The first-order valence-electron chi connectivity index (χ1n) is 18.3. The third kappa shape index (κ3) is 12.0. The Labute approximate surface area is 320 Å².